The highest BCUT2D eigenvalue weighted by atomic mass is 32.2. The summed E-state index contributed by atoms with van der Waals surface area (Å²) >= 11 is 1.42. The monoisotopic (exact) mass is 316 g/mol. The number of anilines is 1. The van der Waals surface area contributed by atoms with E-state index >= 15 is 0 Å². The number of nitrogens with one attached hydrogen (secondary N) is 2. The fourth-order valence-electron chi connectivity index (χ4n) is 2.30. The first-order valence-corrected chi connectivity index (χ1v) is 7.91. The van der Waals surface area contributed by atoms with Crippen molar-refractivity contribution in [2.45, 2.75) is 29.5 Å². The molecule has 3 rings (SSSR count). The minimum atomic E-state index is -0.418. The molecule has 2 aromatic rings. The number of rotatable bonds is 4. The molecular formula is C16H16N2O3S. The van der Waals surface area contributed by atoms with E-state index in [0.717, 1.165) is 10.6 Å². The number of benzene rings is 1. The molecular weight excluding hydrogens is 300 g/mol. The van der Waals surface area contributed by atoms with Crippen molar-refractivity contribution in [1.82, 2.24) is 5.32 Å². The summed E-state index contributed by atoms with van der Waals surface area (Å²) in [7, 11) is 0. The van der Waals surface area contributed by atoms with Crippen molar-refractivity contribution in [3.8, 4) is 0 Å². The molecule has 0 radical (unpaired) electrons. The van der Waals surface area contributed by atoms with E-state index in [2.05, 4.69) is 10.6 Å². The molecule has 1 aliphatic heterocycles. The Balaban J connectivity index is 1.61. The van der Waals surface area contributed by atoms with Crippen molar-refractivity contribution < 1.29 is 14.0 Å². The number of para-hydroxylation sites is 1. The molecule has 2 amide bonds. The molecule has 1 aromatic carbocycles. The quantitative estimate of drug-likeness (QED) is 0.909. The molecule has 0 aliphatic carbocycles. The molecule has 1 aromatic heterocycles. The van der Waals surface area contributed by atoms with Gasteiger partial charge >= 0.3 is 0 Å². The average Bonchev–Trinajstić information content (AvgIpc) is 3.02. The maximum absolute atomic E-state index is 12.1. The zero-order valence-corrected chi connectivity index (χ0v) is 12.9. The Labute approximate surface area is 132 Å². The van der Waals surface area contributed by atoms with Gasteiger partial charge in [0, 0.05) is 11.3 Å². The molecule has 6 heteroatoms. The third kappa shape index (κ3) is 3.17. The molecule has 114 valence electrons. The molecule has 0 bridgehead atoms. The number of thioether (sulfide) groups is 1. The van der Waals surface area contributed by atoms with Gasteiger partial charge in [-0.25, -0.2) is 0 Å². The van der Waals surface area contributed by atoms with E-state index in [1.807, 2.05) is 37.3 Å². The summed E-state index contributed by atoms with van der Waals surface area (Å²) < 4.78 is 5.25. The second-order valence-corrected chi connectivity index (χ2v) is 6.35. The molecule has 5 nitrogen and oxygen atoms in total. The largest absolute Gasteiger partial charge is 0.467 e. The van der Waals surface area contributed by atoms with E-state index in [9.17, 15) is 9.59 Å². The second kappa shape index (κ2) is 6.27. The highest BCUT2D eigenvalue weighted by Crippen LogP contribution is 2.36. The number of furan rings is 1. The molecule has 0 fully saturated rings. The third-order valence-corrected chi connectivity index (χ3v) is 4.70. The van der Waals surface area contributed by atoms with Crippen molar-refractivity contribution >= 4 is 29.3 Å². The van der Waals surface area contributed by atoms with Crippen molar-refractivity contribution in [2.75, 3.05) is 5.32 Å². The lowest BCUT2D eigenvalue weighted by atomic mass is 10.2. The van der Waals surface area contributed by atoms with Crippen LogP contribution in [0.1, 0.15) is 25.1 Å². The van der Waals surface area contributed by atoms with Crippen LogP contribution in [0.3, 0.4) is 0 Å². The molecule has 2 atom stereocenters. The maximum atomic E-state index is 12.1. The first-order valence-electron chi connectivity index (χ1n) is 7.03. The van der Waals surface area contributed by atoms with Crippen molar-refractivity contribution in [2.24, 2.45) is 0 Å². The predicted molar refractivity (Wildman–Crippen MR) is 84.6 cm³/mol. The van der Waals surface area contributed by atoms with E-state index in [-0.39, 0.29) is 24.3 Å². The Morgan fingerprint density at radius 1 is 1.36 bits per heavy atom. The van der Waals surface area contributed by atoms with E-state index < -0.39 is 5.25 Å². The molecule has 0 saturated carbocycles. The van der Waals surface area contributed by atoms with Gasteiger partial charge in [0.25, 0.3) is 0 Å². The lowest BCUT2D eigenvalue weighted by molar-refractivity contribution is -0.124. The van der Waals surface area contributed by atoms with Crippen molar-refractivity contribution in [3.05, 3.63) is 48.4 Å². The minimum absolute atomic E-state index is 0.135. The van der Waals surface area contributed by atoms with E-state index in [1.54, 1.807) is 12.3 Å². The van der Waals surface area contributed by atoms with Crippen LogP contribution in [0.5, 0.6) is 0 Å². The Morgan fingerprint density at radius 2 is 2.18 bits per heavy atom. The summed E-state index contributed by atoms with van der Waals surface area (Å²) in [6.07, 6.45) is 1.70. The van der Waals surface area contributed by atoms with Crippen LogP contribution < -0.4 is 10.6 Å². The lowest BCUT2D eigenvalue weighted by Gasteiger charge is -2.24. The van der Waals surface area contributed by atoms with Crippen LogP contribution in [0.15, 0.2) is 52.0 Å². The SMILES string of the molecule is C[C@H](NC(=O)C[C@H]1Sc2ccccc2NC1=O)c1ccco1. The summed E-state index contributed by atoms with van der Waals surface area (Å²) in [5, 5.41) is 5.27. The second-order valence-electron chi connectivity index (χ2n) is 5.10. The number of hydrogen-bond acceptors (Lipinski definition) is 4. The topological polar surface area (TPSA) is 71.3 Å². The lowest BCUT2D eigenvalue weighted by Crippen LogP contribution is -2.35. The highest BCUT2D eigenvalue weighted by molar-refractivity contribution is 8.01. The molecule has 2 N–H and O–H groups in total. The van der Waals surface area contributed by atoms with E-state index in [4.69, 9.17) is 4.42 Å². The third-order valence-electron chi connectivity index (χ3n) is 3.42. The zero-order chi connectivity index (χ0) is 15.5. The Morgan fingerprint density at radius 3 is 2.95 bits per heavy atom. The van der Waals surface area contributed by atoms with Crippen LogP contribution in [-0.4, -0.2) is 17.1 Å². The fourth-order valence-corrected chi connectivity index (χ4v) is 3.41. The average molecular weight is 316 g/mol. The van der Waals surface area contributed by atoms with Crippen LogP contribution in [0, 0.1) is 0 Å². The number of carbonyl (C=O) groups is 2. The minimum Gasteiger partial charge on any atom is -0.467 e. The van der Waals surface area contributed by atoms with Crippen LogP contribution in [0.4, 0.5) is 5.69 Å². The Bertz CT molecular complexity index is 684. The van der Waals surface area contributed by atoms with Crippen LogP contribution >= 0.6 is 11.8 Å². The van der Waals surface area contributed by atoms with Crippen molar-refractivity contribution in [3.63, 3.8) is 0 Å². The molecule has 22 heavy (non-hydrogen) atoms. The van der Waals surface area contributed by atoms with Crippen LogP contribution in [0.25, 0.3) is 0 Å². The summed E-state index contributed by atoms with van der Waals surface area (Å²) in [5.41, 5.74) is 0.804. The van der Waals surface area contributed by atoms with Gasteiger partial charge in [-0.15, -0.1) is 11.8 Å². The summed E-state index contributed by atoms with van der Waals surface area (Å²) in [6, 6.07) is 11.0. The molecule has 2 heterocycles. The summed E-state index contributed by atoms with van der Waals surface area (Å²) in [6.45, 7) is 1.85. The number of amides is 2. The maximum Gasteiger partial charge on any atom is 0.238 e. The molecule has 0 unspecified atom stereocenters. The number of carbonyl (C=O) groups excluding carboxylic acids is 2. The number of fused-ring (bicyclic) bond motifs is 1. The first kappa shape index (κ1) is 14.7. The fraction of sp³-hybridized carbons (Fsp3) is 0.250. The van der Waals surface area contributed by atoms with Crippen LogP contribution in [0.2, 0.25) is 0 Å². The Hall–Kier alpha value is -2.21. The van der Waals surface area contributed by atoms with Gasteiger partial charge in [0.15, 0.2) is 0 Å². The summed E-state index contributed by atoms with van der Waals surface area (Å²) in [4.78, 5) is 25.2. The predicted octanol–water partition coefficient (Wildman–Crippen LogP) is 2.96. The zero-order valence-electron chi connectivity index (χ0n) is 12.0. The van der Waals surface area contributed by atoms with Gasteiger partial charge in [-0.3, -0.25) is 9.59 Å². The van der Waals surface area contributed by atoms with Gasteiger partial charge in [0.2, 0.25) is 11.8 Å². The van der Waals surface area contributed by atoms with Gasteiger partial charge in [-0.1, -0.05) is 12.1 Å². The van der Waals surface area contributed by atoms with Gasteiger partial charge in [-0.2, -0.15) is 0 Å². The standard InChI is InChI=1S/C16H16N2O3S/c1-10(12-6-4-8-21-12)17-15(19)9-14-16(20)18-11-5-2-3-7-13(11)22-14/h2-8,10,14H,9H2,1H3,(H,17,19)(H,18,20)/t10-,14+/m0/s1. The van der Waals surface area contributed by atoms with E-state index in [0.29, 0.717) is 5.76 Å². The van der Waals surface area contributed by atoms with Gasteiger partial charge in [0.05, 0.1) is 23.2 Å². The normalized spacial score (nSPS) is 18.2. The smallest absolute Gasteiger partial charge is 0.238 e. The highest BCUT2D eigenvalue weighted by Gasteiger charge is 2.29. The summed E-state index contributed by atoms with van der Waals surface area (Å²) in [5.74, 6) is 0.389. The van der Waals surface area contributed by atoms with E-state index in [1.165, 1.54) is 11.8 Å². The van der Waals surface area contributed by atoms with Gasteiger partial charge < -0.3 is 15.1 Å². The van der Waals surface area contributed by atoms with Gasteiger partial charge in [0.1, 0.15) is 5.76 Å². The number of hydrogen-bond donors (Lipinski definition) is 2. The van der Waals surface area contributed by atoms with Gasteiger partial charge in [-0.05, 0) is 31.2 Å². The first-order chi connectivity index (χ1) is 10.6. The molecule has 0 spiro atoms. The molecule has 1 aliphatic rings. The van der Waals surface area contributed by atoms with Crippen LogP contribution in [-0.2, 0) is 9.59 Å². The van der Waals surface area contributed by atoms with Crippen molar-refractivity contribution in [1.29, 1.82) is 0 Å². The Kier molecular flexibility index (Phi) is 4.20. The molecule has 0 saturated heterocycles.